The highest BCUT2D eigenvalue weighted by molar-refractivity contribution is 5.73. The minimum atomic E-state index is 0.225. The number of carbonyl (C=O) groups excluding carboxylic acids is 1. The van der Waals surface area contributed by atoms with E-state index in [4.69, 9.17) is 0 Å². The van der Waals surface area contributed by atoms with Crippen molar-refractivity contribution in [1.29, 1.82) is 0 Å². The fraction of sp³-hybridized carbons (Fsp3) is 0.800. The Morgan fingerprint density at radius 3 is 1.35 bits per heavy atom. The summed E-state index contributed by atoms with van der Waals surface area (Å²) in [7, 11) is 0. The molecule has 1 aliphatic rings. The molecule has 1 rings (SSSR count). The van der Waals surface area contributed by atoms with Crippen LogP contribution in [0.1, 0.15) is 68.2 Å². The van der Waals surface area contributed by atoms with E-state index in [0.29, 0.717) is 0 Å². The van der Waals surface area contributed by atoms with E-state index in [9.17, 15) is 4.79 Å². The Hall–Kier alpha value is -0.790. The summed E-state index contributed by atoms with van der Waals surface area (Å²) in [4.78, 5) is 12.5. The molecule has 0 aromatic heterocycles. The molecule has 1 amide bonds. The summed E-state index contributed by atoms with van der Waals surface area (Å²) in [6.07, 6.45) is 4.14. The molecule has 1 aliphatic heterocycles. The molecule has 1 heterocycles. The van der Waals surface area contributed by atoms with Gasteiger partial charge in [0.05, 0.1) is 0 Å². The quantitative estimate of drug-likeness (QED) is 0.556. The molecule has 0 atom stereocenters. The van der Waals surface area contributed by atoms with E-state index in [0.717, 1.165) is 13.1 Å². The zero-order valence-corrected chi connectivity index (χ0v) is 13.5. The van der Waals surface area contributed by atoms with Gasteiger partial charge in [-0.15, -0.1) is 6.58 Å². The van der Waals surface area contributed by atoms with Crippen LogP contribution in [0.15, 0.2) is 12.7 Å². The van der Waals surface area contributed by atoms with Crippen LogP contribution in [0, 0.1) is 0 Å². The molecule has 1 fully saturated rings. The highest BCUT2D eigenvalue weighted by atomic mass is 16.2. The number of rotatable bonds is 0. The lowest BCUT2D eigenvalue weighted by atomic mass is 10.4. The van der Waals surface area contributed by atoms with Gasteiger partial charge in [-0.3, -0.25) is 4.79 Å². The van der Waals surface area contributed by atoms with Crippen LogP contribution in [0.25, 0.3) is 0 Å². The number of likely N-dealkylation sites (tertiary alicyclic amines) is 1. The Labute approximate surface area is 110 Å². The molecule has 0 aromatic rings. The standard InChI is InChI=1S/C6H11NO.C3H6.3C2H6/c1-6(8)7-4-2-3-5-7;1-3-2;3*1-2/h2-5H2,1H3;3H,1H2,2H3;3*1-2H3. The second kappa shape index (κ2) is 29.5. The smallest absolute Gasteiger partial charge is 0.219 e. The van der Waals surface area contributed by atoms with Gasteiger partial charge >= 0.3 is 0 Å². The zero-order chi connectivity index (χ0) is 14.7. The first-order valence-corrected chi connectivity index (χ1v) is 7.05. The van der Waals surface area contributed by atoms with Gasteiger partial charge in [0.25, 0.3) is 0 Å². The number of amides is 1. The Balaban J connectivity index is -0.0000000801. The molecule has 0 saturated carbocycles. The number of hydrogen-bond donors (Lipinski definition) is 0. The molecule has 2 heteroatoms. The number of nitrogens with zero attached hydrogens (tertiary/aromatic N) is 1. The summed E-state index contributed by atoms with van der Waals surface area (Å²) >= 11 is 0. The second-order valence-corrected chi connectivity index (χ2v) is 2.62. The Morgan fingerprint density at radius 1 is 1.00 bits per heavy atom. The lowest BCUT2D eigenvalue weighted by Gasteiger charge is -2.10. The topological polar surface area (TPSA) is 20.3 Å². The predicted octanol–water partition coefficient (Wildman–Crippen LogP) is 4.90. The maximum absolute atomic E-state index is 10.6. The normalized spacial score (nSPS) is 10.9. The van der Waals surface area contributed by atoms with Gasteiger partial charge in [-0.1, -0.05) is 47.6 Å². The van der Waals surface area contributed by atoms with Crippen LogP contribution in [0.2, 0.25) is 0 Å². The van der Waals surface area contributed by atoms with E-state index < -0.39 is 0 Å². The van der Waals surface area contributed by atoms with E-state index in [1.54, 1.807) is 13.0 Å². The minimum Gasteiger partial charge on any atom is -0.343 e. The Kier molecular flexibility index (Phi) is 43.6. The Morgan fingerprint density at radius 2 is 1.24 bits per heavy atom. The van der Waals surface area contributed by atoms with Crippen LogP contribution < -0.4 is 0 Å². The van der Waals surface area contributed by atoms with Gasteiger partial charge in [0.15, 0.2) is 0 Å². The van der Waals surface area contributed by atoms with Crippen LogP contribution in [0.3, 0.4) is 0 Å². The van der Waals surface area contributed by atoms with Crippen LogP contribution in [-0.2, 0) is 4.79 Å². The number of allylic oxidation sites excluding steroid dienone is 1. The van der Waals surface area contributed by atoms with Crippen LogP contribution in [0.4, 0.5) is 0 Å². The van der Waals surface area contributed by atoms with Crippen molar-refractivity contribution in [2.45, 2.75) is 68.2 Å². The van der Waals surface area contributed by atoms with E-state index >= 15 is 0 Å². The van der Waals surface area contributed by atoms with Crippen LogP contribution in [0.5, 0.6) is 0 Å². The molecule has 17 heavy (non-hydrogen) atoms. The van der Waals surface area contributed by atoms with E-state index in [2.05, 4.69) is 6.58 Å². The van der Waals surface area contributed by atoms with Crippen molar-refractivity contribution >= 4 is 5.91 Å². The van der Waals surface area contributed by atoms with Crippen molar-refractivity contribution in [3.05, 3.63) is 12.7 Å². The molecule has 0 unspecified atom stereocenters. The maximum atomic E-state index is 10.6. The van der Waals surface area contributed by atoms with Gasteiger partial charge in [0, 0.05) is 20.0 Å². The SMILES string of the molecule is C=CC.CC.CC.CC.CC(=O)N1CCCC1. The largest absolute Gasteiger partial charge is 0.343 e. The average Bonchev–Trinajstić information content (AvgIpc) is 2.92. The van der Waals surface area contributed by atoms with Gasteiger partial charge in [-0.05, 0) is 19.8 Å². The highest BCUT2D eigenvalue weighted by Gasteiger charge is 2.12. The summed E-state index contributed by atoms with van der Waals surface area (Å²) in [5.41, 5.74) is 0. The number of hydrogen-bond acceptors (Lipinski definition) is 1. The van der Waals surface area contributed by atoms with Gasteiger partial charge in [0.2, 0.25) is 5.91 Å². The molecular formula is C15H35NO. The van der Waals surface area contributed by atoms with Crippen molar-refractivity contribution in [2.24, 2.45) is 0 Å². The molecule has 0 aliphatic carbocycles. The summed E-state index contributed by atoms with van der Waals surface area (Å²) in [5.74, 6) is 0.225. The van der Waals surface area contributed by atoms with Crippen molar-refractivity contribution < 1.29 is 4.79 Å². The third-order valence-corrected chi connectivity index (χ3v) is 1.55. The highest BCUT2D eigenvalue weighted by Crippen LogP contribution is 2.05. The molecule has 106 valence electrons. The molecule has 0 radical (unpaired) electrons. The first-order valence-electron chi connectivity index (χ1n) is 7.05. The monoisotopic (exact) mass is 245 g/mol. The molecular weight excluding hydrogens is 210 g/mol. The molecule has 1 saturated heterocycles. The van der Waals surface area contributed by atoms with E-state index in [-0.39, 0.29) is 5.91 Å². The lowest BCUT2D eigenvalue weighted by molar-refractivity contribution is -0.127. The fourth-order valence-corrected chi connectivity index (χ4v) is 1.03. The van der Waals surface area contributed by atoms with Crippen molar-refractivity contribution in [1.82, 2.24) is 4.90 Å². The third-order valence-electron chi connectivity index (χ3n) is 1.55. The maximum Gasteiger partial charge on any atom is 0.219 e. The summed E-state index contributed by atoms with van der Waals surface area (Å²) in [6.45, 7) is 20.8. The lowest BCUT2D eigenvalue weighted by Crippen LogP contribution is -2.24. The third kappa shape index (κ3) is 25.5. The van der Waals surface area contributed by atoms with Gasteiger partial charge < -0.3 is 4.90 Å². The Bertz CT molecular complexity index is 127. The fourth-order valence-electron chi connectivity index (χ4n) is 1.03. The first kappa shape index (κ1) is 25.2. The summed E-state index contributed by atoms with van der Waals surface area (Å²) in [6, 6.07) is 0. The van der Waals surface area contributed by atoms with Gasteiger partial charge in [-0.2, -0.15) is 0 Å². The summed E-state index contributed by atoms with van der Waals surface area (Å²) in [5, 5.41) is 0. The molecule has 0 aromatic carbocycles. The zero-order valence-electron chi connectivity index (χ0n) is 13.5. The van der Waals surface area contributed by atoms with Crippen molar-refractivity contribution in [3.63, 3.8) is 0 Å². The van der Waals surface area contributed by atoms with Crippen molar-refractivity contribution in [3.8, 4) is 0 Å². The molecule has 2 nitrogen and oxygen atoms in total. The van der Waals surface area contributed by atoms with Gasteiger partial charge in [0.1, 0.15) is 0 Å². The van der Waals surface area contributed by atoms with Gasteiger partial charge in [-0.25, -0.2) is 0 Å². The van der Waals surface area contributed by atoms with Crippen LogP contribution in [-0.4, -0.2) is 23.9 Å². The molecule has 0 bridgehead atoms. The predicted molar refractivity (Wildman–Crippen MR) is 81.4 cm³/mol. The average molecular weight is 245 g/mol. The van der Waals surface area contributed by atoms with E-state index in [1.165, 1.54) is 12.8 Å². The molecule has 0 spiro atoms. The number of carbonyl (C=O) groups is 1. The molecule has 0 N–H and O–H groups in total. The van der Waals surface area contributed by atoms with E-state index in [1.807, 2.05) is 53.4 Å². The minimum absolute atomic E-state index is 0.225. The van der Waals surface area contributed by atoms with Crippen molar-refractivity contribution in [2.75, 3.05) is 13.1 Å². The summed E-state index contributed by atoms with van der Waals surface area (Å²) < 4.78 is 0. The second-order valence-electron chi connectivity index (χ2n) is 2.62. The first-order chi connectivity index (χ1) is 8.22. The van der Waals surface area contributed by atoms with Crippen LogP contribution >= 0.6 is 0 Å².